The summed E-state index contributed by atoms with van der Waals surface area (Å²) in [6, 6.07) is 13.4. The van der Waals surface area contributed by atoms with Crippen molar-refractivity contribution in [2.75, 3.05) is 16.8 Å². The number of nitrogens with zero attached hydrogens (tertiary/aromatic N) is 2. The fourth-order valence-electron chi connectivity index (χ4n) is 2.94. The predicted molar refractivity (Wildman–Crippen MR) is 106 cm³/mol. The first-order valence-electron chi connectivity index (χ1n) is 8.64. The quantitative estimate of drug-likeness (QED) is 0.657. The zero-order valence-corrected chi connectivity index (χ0v) is 16.2. The highest BCUT2D eigenvalue weighted by Gasteiger charge is 2.34. The second kappa shape index (κ2) is 7.10. The summed E-state index contributed by atoms with van der Waals surface area (Å²) in [5.41, 5.74) is 6.79. The summed E-state index contributed by atoms with van der Waals surface area (Å²) in [6.07, 6.45) is 1.42. The van der Waals surface area contributed by atoms with E-state index in [0.29, 0.717) is 27.1 Å². The van der Waals surface area contributed by atoms with Crippen LogP contribution in [-0.2, 0) is 10.0 Å². The van der Waals surface area contributed by atoms with Crippen molar-refractivity contribution in [1.29, 1.82) is 0 Å². The number of pyridine rings is 1. The Hall–Kier alpha value is -3.59. The Bertz CT molecular complexity index is 1180. The lowest BCUT2D eigenvalue weighted by Gasteiger charge is -2.22. The number of aromatic nitrogens is 1. The average molecular weight is 411 g/mol. The van der Waals surface area contributed by atoms with E-state index in [1.165, 1.54) is 42.6 Å². The Morgan fingerprint density at radius 2 is 1.76 bits per heavy atom. The highest BCUT2D eigenvalue weighted by molar-refractivity contribution is 7.93. The van der Waals surface area contributed by atoms with Gasteiger partial charge in [-0.2, -0.15) is 4.31 Å². The van der Waals surface area contributed by atoms with Gasteiger partial charge in [0.1, 0.15) is 0 Å². The van der Waals surface area contributed by atoms with Gasteiger partial charge in [-0.05, 0) is 61.0 Å². The minimum absolute atomic E-state index is 0.0219. The molecule has 0 saturated heterocycles. The van der Waals surface area contributed by atoms with Crippen LogP contribution < -0.4 is 19.5 Å². The molecule has 1 aromatic heterocycles. The van der Waals surface area contributed by atoms with Gasteiger partial charge in [-0.3, -0.25) is 4.79 Å². The zero-order chi connectivity index (χ0) is 20.6. The van der Waals surface area contributed by atoms with Crippen LogP contribution in [0.4, 0.5) is 11.5 Å². The Balaban J connectivity index is 1.86. The molecule has 0 spiro atoms. The lowest BCUT2D eigenvalue weighted by Crippen LogP contribution is -2.38. The van der Waals surface area contributed by atoms with Crippen LogP contribution in [0, 0.1) is 6.92 Å². The summed E-state index contributed by atoms with van der Waals surface area (Å²) in [6.45, 7) is 1.74. The number of carbonyl (C=O) groups is 1. The molecule has 29 heavy (non-hydrogen) atoms. The van der Waals surface area contributed by atoms with Gasteiger partial charge in [0.25, 0.3) is 15.9 Å². The van der Waals surface area contributed by atoms with Crippen LogP contribution in [0.15, 0.2) is 65.7 Å². The Labute approximate surface area is 167 Å². The number of rotatable bonds is 4. The normalized spacial score (nSPS) is 12.6. The summed E-state index contributed by atoms with van der Waals surface area (Å²) in [5, 5.41) is 0. The lowest BCUT2D eigenvalue weighted by atomic mass is 10.1. The number of ether oxygens (including phenoxy) is 2. The number of hydrogen-bond acceptors (Lipinski definition) is 7. The highest BCUT2D eigenvalue weighted by Crippen LogP contribution is 2.36. The van der Waals surface area contributed by atoms with E-state index in [4.69, 9.17) is 15.2 Å². The van der Waals surface area contributed by atoms with E-state index in [0.717, 1.165) is 0 Å². The Kier molecular flexibility index (Phi) is 4.59. The van der Waals surface area contributed by atoms with Crippen LogP contribution in [0.25, 0.3) is 0 Å². The number of hydrogen-bond donors (Lipinski definition) is 1. The zero-order valence-electron chi connectivity index (χ0n) is 15.4. The molecule has 0 saturated carbocycles. The molecule has 148 valence electrons. The standard InChI is InChI=1S/C20H17N3O5S/c1-13-10-17-18(28-12-27-17)11-16(13)20(24)23(19-4-2-3-9-22-19)29(25,26)15-7-5-14(21)6-8-15/h2-11H,12,21H2,1H3. The number of carbonyl (C=O) groups excluding carboxylic acids is 1. The van der Waals surface area contributed by atoms with E-state index in [1.807, 2.05) is 0 Å². The van der Waals surface area contributed by atoms with Crippen molar-refractivity contribution >= 4 is 27.4 Å². The summed E-state index contributed by atoms with van der Waals surface area (Å²) >= 11 is 0. The van der Waals surface area contributed by atoms with Crippen molar-refractivity contribution in [3.05, 3.63) is 71.9 Å². The summed E-state index contributed by atoms with van der Waals surface area (Å²) in [5.74, 6) is 0.109. The first-order chi connectivity index (χ1) is 13.9. The smallest absolute Gasteiger partial charge is 0.273 e. The number of anilines is 2. The average Bonchev–Trinajstić information content (AvgIpc) is 3.15. The molecule has 3 aromatic rings. The third kappa shape index (κ3) is 3.36. The van der Waals surface area contributed by atoms with Gasteiger partial charge in [-0.15, -0.1) is 0 Å². The van der Waals surface area contributed by atoms with Crippen LogP contribution in [0.1, 0.15) is 15.9 Å². The third-order valence-electron chi connectivity index (χ3n) is 4.41. The molecule has 2 heterocycles. The number of sulfonamides is 1. The molecule has 1 aliphatic heterocycles. The molecule has 0 aliphatic carbocycles. The van der Waals surface area contributed by atoms with E-state index >= 15 is 0 Å². The van der Waals surface area contributed by atoms with Gasteiger partial charge in [0.2, 0.25) is 6.79 Å². The number of nitrogens with two attached hydrogens (primary N) is 1. The van der Waals surface area contributed by atoms with Gasteiger partial charge in [-0.25, -0.2) is 13.4 Å². The molecule has 2 N–H and O–H groups in total. The molecule has 0 radical (unpaired) electrons. The van der Waals surface area contributed by atoms with Crippen LogP contribution in [0.2, 0.25) is 0 Å². The molecule has 8 nitrogen and oxygen atoms in total. The van der Waals surface area contributed by atoms with Gasteiger partial charge in [-0.1, -0.05) is 6.07 Å². The van der Waals surface area contributed by atoms with E-state index in [2.05, 4.69) is 4.98 Å². The van der Waals surface area contributed by atoms with Crippen molar-refractivity contribution in [2.24, 2.45) is 0 Å². The minimum atomic E-state index is -4.26. The summed E-state index contributed by atoms with van der Waals surface area (Å²) in [4.78, 5) is 17.4. The molecule has 1 aliphatic rings. The van der Waals surface area contributed by atoms with Crippen molar-refractivity contribution in [3.63, 3.8) is 0 Å². The maximum Gasteiger partial charge on any atom is 0.273 e. The van der Waals surface area contributed by atoms with Gasteiger partial charge < -0.3 is 15.2 Å². The number of benzene rings is 2. The SMILES string of the molecule is Cc1cc2c(cc1C(=O)N(c1ccccn1)S(=O)(=O)c1ccc(N)cc1)OCO2. The first-order valence-corrected chi connectivity index (χ1v) is 10.1. The van der Waals surface area contributed by atoms with Crippen LogP contribution in [-0.4, -0.2) is 26.1 Å². The summed E-state index contributed by atoms with van der Waals surface area (Å²) < 4.78 is 38.1. The minimum Gasteiger partial charge on any atom is -0.454 e. The second-order valence-corrected chi connectivity index (χ2v) is 8.14. The lowest BCUT2D eigenvalue weighted by molar-refractivity contribution is 0.100. The van der Waals surface area contributed by atoms with E-state index in [9.17, 15) is 13.2 Å². The number of fused-ring (bicyclic) bond motifs is 1. The van der Waals surface area contributed by atoms with Gasteiger partial charge in [0.15, 0.2) is 17.3 Å². The molecule has 9 heteroatoms. The molecule has 0 bridgehead atoms. The first kappa shape index (κ1) is 18.8. The van der Waals surface area contributed by atoms with Gasteiger partial charge in [0, 0.05) is 17.4 Å². The fraction of sp³-hybridized carbons (Fsp3) is 0.100. The van der Waals surface area contributed by atoms with E-state index in [-0.39, 0.29) is 23.1 Å². The fourth-order valence-corrected chi connectivity index (χ4v) is 4.30. The number of nitrogen functional groups attached to an aromatic ring is 1. The van der Waals surface area contributed by atoms with E-state index in [1.54, 1.807) is 25.1 Å². The molecule has 0 fully saturated rings. The highest BCUT2D eigenvalue weighted by atomic mass is 32.2. The number of amides is 1. The molecular formula is C20H17N3O5S. The summed E-state index contributed by atoms with van der Waals surface area (Å²) in [7, 11) is -4.26. The molecule has 0 unspecified atom stereocenters. The predicted octanol–water partition coefficient (Wildman–Crippen LogP) is 2.74. The molecule has 2 aromatic carbocycles. The molecule has 0 atom stereocenters. The number of aryl methyl sites for hydroxylation is 1. The van der Waals surface area contributed by atoms with Crippen LogP contribution >= 0.6 is 0 Å². The van der Waals surface area contributed by atoms with Crippen molar-refractivity contribution in [2.45, 2.75) is 11.8 Å². The maximum absolute atomic E-state index is 13.4. The molecule has 1 amide bonds. The molecular weight excluding hydrogens is 394 g/mol. The van der Waals surface area contributed by atoms with Crippen molar-refractivity contribution in [3.8, 4) is 11.5 Å². The van der Waals surface area contributed by atoms with Crippen molar-refractivity contribution in [1.82, 2.24) is 4.98 Å². The Morgan fingerprint density at radius 3 is 2.41 bits per heavy atom. The van der Waals surface area contributed by atoms with Crippen LogP contribution in [0.3, 0.4) is 0 Å². The Morgan fingerprint density at radius 1 is 1.07 bits per heavy atom. The third-order valence-corrected chi connectivity index (χ3v) is 6.11. The van der Waals surface area contributed by atoms with Gasteiger partial charge >= 0.3 is 0 Å². The van der Waals surface area contributed by atoms with Gasteiger partial charge in [0.05, 0.1) is 4.90 Å². The molecule has 4 rings (SSSR count). The van der Waals surface area contributed by atoms with Crippen molar-refractivity contribution < 1.29 is 22.7 Å². The maximum atomic E-state index is 13.4. The second-order valence-electron chi connectivity index (χ2n) is 6.35. The largest absolute Gasteiger partial charge is 0.454 e. The monoisotopic (exact) mass is 411 g/mol. The van der Waals surface area contributed by atoms with E-state index < -0.39 is 15.9 Å². The van der Waals surface area contributed by atoms with Crippen LogP contribution in [0.5, 0.6) is 11.5 Å². The topological polar surface area (TPSA) is 112 Å².